The lowest BCUT2D eigenvalue weighted by Crippen LogP contribution is -2.42. The molecule has 0 radical (unpaired) electrons. The van der Waals surface area contributed by atoms with Crippen LogP contribution in [-0.2, 0) is 27.9 Å². The minimum absolute atomic E-state index is 0.0377. The van der Waals surface area contributed by atoms with E-state index in [9.17, 15) is 13.5 Å². The lowest BCUT2D eigenvalue weighted by molar-refractivity contribution is 0.133. The molecule has 11 heteroatoms. The highest BCUT2D eigenvalue weighted by Gasteiger charge is 2.83. The maximum absolute atomic E-state index is 13.6. The predicted octanol–water partition coefficient (Wildman–Crippen LogP) is 7.24. The van der Waals surface area contributed by atoms with Crippen molar-refractivity contribution < 1.29 is 22.8 Å². The fourth-order valence-corrected chi connectivity index (χ4v) is 9.03. The van der Waals surface area contributed by atoms with Crippen LogP contribution in [0.5, 0.6) is 0 Å². The molecular weight excluding hydrogens is 609 g/mol. The summed E-state index contributed by atoms with van der Waals surface area (Å²) in [5, 5.41) is 15.1. The summed E-state index contributed by atoms with van der Waals surface area (Å²) in [5.74, 6) is 0.644. The number of aliphatic hydroxyl groups excluding tert-OH is 1. The van der Waals surface area contributed by atoms with E-state index in [0.717, 1.165) is 59.5 Å². The minimum atomic E-state index is -4.06. The fourth-order valence-electron chi connectivity index (χ4n) is 7.18. The number of aromatic nitrogens is 1. The Morgan fingerprint density at radius 3 is 2.67 bits per heavy atom. The van der Waals surface area contributed by atoms with Crippen molar-refractivity contribution in [2.24, 2.45) is 11.3 Å². The number of sulfonamides is 1. The molecule has 3 unspecified atom stereocenters. The summed E-state index contributed by atoms with van der Waals surface area (Å²) in [5.41, 5.74) is 4.33. The highest BCUT2D eigenvalue weighted by atomic mass is 35.5. The third-order valence-electron chi connectivity index (χ3n) is 9.46. The quantitative estimate of drug-likeness (QED) is 0.202. The van der Waals surface area contributed by atoms with Gasteiger partial charge in [-0.05, 0) is 55.9 Å². The molecule has 1 spiro atoms. The van der Waals surface area contributed by atoms with Gasteiger partial charge in [-0.1, -0.05) is 84.5 Å². The van der Waals surface area contributed by atoms with E-state index in [-0.39, 0.29) is 33.3 Å². The Labute approximate surface area is 263 Å². The molecule has 2 saturated carbocycles. The van der Waals surface area contributed by atoms with E-state index >= 15 is 0 Å². The zero-order valence-corrected chi connectivity index (χ0v) is 26.9. The Bertz CT molecular complexity index is 1690. The smallest absolute Gasteiger partial charge is 0.263 e. The molecule has 2 aliphatic carbocycles. The van der Waals surface area contributed by atoms with Crippen LogP contribution in [0.4, 0.5) is 5.82 Å². The predicted molar refractivity (Wildman–Crippen MR) is 167 cm³/mol. The van der Waals surface area contributed by atoms with Crippen LogP contribution in [0.15, 0.2) is 62.6 Å². The van der Waals surface area contributed by atoms with Gasteiger partial charge >= 0.3 is 0 Å². The number of aliphatic hydroxyl groups is 1. The van der Waals surface area contributed by atoms with E-state index in [1.54, 1.807) is 25.1 Å². The van der Waals surface area contributed by atoms with Gasteiger partial charge in [-0.25, -0.2) is 8.42 Å². The van der Waals surface area contributed by atoms with Gasteiger partial charge in [0.1, 0.15) is 5.02 Å². The maximum atomic E-state index is 13.6. The van der Waals surface area contributed by atoms with Crippen molar-refractivity contribution in [1.29, 1.82) is 0 Å². The lowest BCUT2D eigenvalue weighted by atomic mass is 9.94. The number of rotatable bonds is 13. The Kier molecular flexibility index (Phi) is 8.09. The molecule has 2 N–H and O–H groups in total. The van der Waals surface area contributed by atoms with Crippen molar-refractivity contribution in [3.63, 3.8) is 0 Å². The molecule has 2 aromatic carbocycles. The molecule has 3 atom stereocenters. The number of hydrogen-bond acceptors (Lipinski definition) is 7. The van der Waals surface area contributed by atoms with Crippen molar-refractivity contribution in [1.82, 2.24) is 10.1 Å². The fraction of sp³-hybridized carbons (Fsp3) is 0.469. The second-order valence-corrected chi connectivity index (χ2v) is 14.3. The summed E-state index contributed by atoms with van der Waals surface area (Å²) in [4.78, 5) is 2.46. The molecule has 43 heavy (non-hydrogen) atoms. The highest BCUT2D eigenvalue weighted by molar-refractivity contribution is 7.92. The second-order valence-electron chi connectivity index (χ2n) is 11.9. The topological polar surface area (TPSA) is 105 Å². The van der Waals surface area contributed by atoms with Crippen molar-refractivity contribution in [2.45, 2.75) is 76.5 Å². The van der Waals surface area contributed by atoms with Crippen molar-refractivity contribution >= 4 is 39.0 Å². The van der Waals surface area contributed by atoms with E-state index < -0.39 is 10.0 Å². The Morgan fingerprint density at radius 2 is 1.98 bits per heavy atom. The Hall–Kier alpha value is -2.56. The standard InChI is InChI=1S/C32H37Cl2N3O5S/c1-4-6-13-32-19-31(32)15-25(31)29(34)26(17-38)37(32)16-21-11-12-23(22(14-21)18-41-5-2)24-9-7-8-10-27(24)43(39,40)36-30-28(33)20(3)42-35-30/h7-12,14,25,38H,4-6,13,15-19H2,1-3H3,(H,35,36). The number of benzene rings is 2. The van der Waals surface area contributed by atoms with E-state index in [1.165, 1.54) is 0 Å². The minimum Gasteiger partial charge on any atom is -0.390 e. The molecule has 8 nitrogen and oxygen atoms in total. The van der Waals surface area contributed by atoms with Gasteiger partial charge in [-0.3, -0.25) is 4.72 Å². The average molecular weight is 647 g/mol. The Balaban J connectivity index is 1.36. The zero-order valence-electron chi connectivity index (χ0n) is 24.6. The third-order valence-corrected chi connectivity index (χ3v) is 11.8. The molecule has 2 fully saturated rings. The monoisotopic (exact) mass is 645 g/mol. The van der Waals surface area contributed by atoms with Gasteiger partial charge in [-0.2, -0.15) is 0 Å². The molecule has 6 rings (SSSR count). The van der Waals surface area contributed by atoms with Crippen LogP contribution >= 0.6 is 23.2 Å². The molecule has 1 aromatic heterocycles. The summed E-state index contributed by atoms with van der Waals surface area (Å²) >= 11 is 13.1. The number of aryl methyl sites for hydroxylation is 1. The second kappa shape index (κ2) is 11.4. The summed E-state index contributed by atoms with van der Waals surface area (Å²) in [6.45, 7) is 7.10. The highest BCUT2D eigenvalue weighted by Crippen LogP contribution is 2.84. The first kappa shape index (κ1) is 30.5. The molecule has 0 saturated heterocycles. The van der Waals surface area contributed by atoms with Crippen LogP contribution in [0, 0.1) is 18.3 Å². The van der Waals surface area contributed by atoms with Crippen LogP contribution in [0.25, 0.3) is 11.1 Å². The van der Waals surface area contributed by atoms with Gasteiger partial charge in [-0.15, -0.1) is 0 Å². The zero-order chi connectivity index (χ0) is 30.6. The van der Waals surface area contributed by atoms with Crippen LogP contribution in [-0.4, -0.2) is 42.3 Å². The number of anilines is 1. The molecular formula is C32H37Cl2N3O5S. The maximum Gasteiger partial charge on any atom is 0.263 e. The van der Waals surface area contributed by atoms with E-state index in [4.69, 9.17) is 32.5 Å². The van der Waals surface area contributed by atoms with Gasteiger partial charge in [0.25, 0.3) is 10.0 Å². The van der Waals surface area contributed by atoms with E-state index in [1.807, 2.05) is 25.1 Å². The Morgan fingerprint density at radius 1 is 1.19 bits per heavy atom. The SMILES string of the molecule is CCCCC12CC13CC3C(Cl)=C(CO)N2Cc1ccc(-c2ccccc2S(=O)(=O)Nc2noc(C)c2Cl)c(COCC)c1. The summed E-state index contributed by atoms with van der Waals surface area (Å²) in [7, 11) is -4.06. The molecule has 0 bridgehead atoms. The largest absolute Gasteiger partial charge is 0.390 e. The van der Waals surface area contributed by atoms with Crippen molar-refractivity contribution in [3.8, 4) is 11.1 Å². The number of ether oxygens (including phenoxy) is 1. The van der Waals surface area contributed by atoms with Gasteiger partial charge in [0, 0.05) is 40.6 Å². The third kappa shape index (κ3) is 5.07. The molecule has 0 amide bonds. The number of nitrogens with one attached hydrogen (secondary N) is 1. The van der Waals surface area contributed by atoms with E-state index in [2.05, 4.69) is 27.8 Å². The van der Waals surface area contributed by atoms with Crippen LogP contribution in [0.1, 0.15) is 62.8 Å². The van der Waals surface area contributed by atoms with Crippen LogP contribution in [0.2, 0.25) is 5.02 Å². The van der Waals surface area contributed by atoms with Gasteiger partial charge < -0.3 is 19.3 Å². The number of nitrogens with zero attached hydrogens (tertiary/aromatic N) is 2. The van der Waals surface area contributed by atoms with Gasteiger partial charge in [0.2, 0.25) is 5.82 Å². The number of halogens is 2. The first-order chi connectivity index (χ1) is 20.6. The lowest BCUT2D eigenvalue weighted by Gasteiger charge is -2.40. The molecule has 1 aliphatic heterocycles. The molecule has 3 aliphatic rings. The normalized spacial score (nSPS) is 24.1. The average Bonchev–Trinajstić information content (AvgIpc) is 3.87. The van der Waals surface area contributed by atoms with E-state index in [0.29, 0.717) is 37.0 Å². The number of unbranched alkanes of at least 4 members (excludes halogenated alkanes) is 1. The van der Waals surface area contributed by atoms with Crippen LogP contribution in [0.3, 0.4) is 0 Å². The number of hydrogen-bond donors (Lipinski definition) is 2. The van der Waals surface area contributed by atoms with Crippen molar-refractivity contribution in [2.75, 3.05) is 17.9 Å². The summed E-state index contributed by atoms with van der Waals surface area (Å²) in [6, 6.07) is 12.9. The summed E-state index contributed by atoms with van der Waals surface area (Å²) < 4.78 is 40.5. The first-order valence-electron chi connectivity index (χ1n) is 14.8. The van der Waals surface area contributed by atoms with Crippen LogP contribution < -0.4 is 4.72 Å². The molecule has 3 aromatic rings. The van der Waals surface area contributed by atoms with Crippen molar-refractivity contribution in [3.05, 3.63) is 75.1 Å². The molecule has 2 heterocycles. The molecule has 230 valence electrons. The number of allylic oxidation sites excluding steroid dienone is 1. The van der Waals surface area contributed by atoms with Gasteiger partial charge in [0.05, 0.1) is 23.8 Å². The van der Waals surface area contributed by atoms with Gasteiger partial charge in [0.15, 0.2) is 5.76 Å². The first-order valence-corrected chi connectivity index (χ1v) is 17.1. The summed E-state index contributed by atoms with van der Waals surface area (Å²) in [6.07, 6.45) is 5.55.